The van der Waals surface area contributed by atoms with Crippen LogP contribution in [0.1, 0.15) is 17.2 Å². The molecule has 1 atom stereocenters. The molecular formula is C29H27N7. The fourth-order valence-electron chi connectivity index (χ4n) is 4.48. The standard InChI is InChI=1S/C29H27N7/c1-22-10-8-9-15-25(22)32-29(31-21-30)36-19-18-35(20-27(36)24-13-6-3-7-14-24)28-17-16-26(33-34-28)23-11-4-2-5-12-23/h2-17,27H,18-20H2,1H3,(H,31,32). The summed E-state index contributed by atoms with van der Waals surface area (Å²) in [5.74, 6) is 1.38. The Hall–Kier alpha value is -4.70. The van der Waals surface area contributed by atoms with E-state index in [2.05, 4.69) is 43.6 Å². The average molecular weight is 474 g/mol. The largest absolute Gasteiger partial charge is 0.351 e. The molecule has 0 bridgehead atoms. The molecule has 1 aliphatic rings. The van der Waals surface area contributed by atoms with Gasteiger partial charge in [-0.25, -0.2) is 4.99 Å². The number of hydrogen-bond acceptors (Lipinski definition) is 5. The van der Waals surface area contributed by atoms with Gasteiger partial charge in [-0.3, -0.25) is 5.32 Å². The molecule has 7 nitrogen and oxygen atoms in total. The monoisotopic (exact) mass is 473 g/mol. The number of aromatic nitrogens is 2. The number of aliphatic imine (C=N–C) groups is 1. The highest BCUT2D eigenvalue weighted by molar-refractivity contribution is 5.85. The normalized spacial score (nSPS) is 15.9. The van der Waals surface area contributed by atoms with E-state index in [0.717, 1.165) is 40.4 Å². The number of nitrogens with one attached hydrogen (secondary N) is 1. The highest BCUT2D eigenvalue weighted by atomic mass is 15.4. The predicted molar refractivity (Wildman–Crippen MR) is 143 cm³/mol. The second-order valence-electron chi connectivity index (χ2n) is 8.67. The van der Waals surface area contributed by atoms with Crippen LogP contribution < -0.4 is 10.2 Å². The summed E-state index contributed by atoms with van der Waals surface area (Å²) in [6.07, 6.45) is 2.08. The number of hydrogen-bond donors (Lipinski definition) is 1. The van der Waals surface area contributed by atoms with Gasteiger partial charge in [0.05, 0.1) is 17.4 Å². The molecule has 1 saturated heterocycles. The predicted octanol–water partition coefficient (Wildman–Crippen LogP) is 5.07. The van der Waals surface area contributed by atoms with Crippen molar-refractivity contribution in [3.05, 3.63) is 108 Å². The van der Waals surface area contributed by atoms with Crippen molar-refractivity contribution in [2.24, 2.45) is 4.99 Å². The van der Waals surface area contributed by atoms with E-state index in [9.17, 15) is 5.26 Å². The first kappa shape index (κ1) is 23.1. The zero-order chi connectivity index (χ0) is 24.7. The van der Waals surface area contributed by atoms with Gasteiger partial charge in [0.25, 0.3) is 0 Å². The van der Waals surface area contributed by atoms with E-state index >= 15 is 0 Å². The maximum Gasteiger partial charge on any atom is 0.213 e. The van der Waals surface area contributed by atoms with Crippen molar-refractivity contribution in [3.63, 3.8) is 0 Å². The van der Waals surface area contributed by atoms with Gasteiger partial charge in [-0.2, -0.15) is 5.26 Å². The SMILES string of the molecule is Cc1ccccc1N=C(NC#N)N1CCN(c2ccc(-c3ccccc3)nn2)CC1c1ccccc1. The molecule has 2 heterocycles. The lowest BCUT2D eigenvalue weighted by Gasteiger charge is -2.43. The molecule has 1 N–H and O–H groups in total. The summed E-state index contributed by atoms with van der Waals surface area (Å²) in [5.41, 5.74) is 4.94. The second-order valence-corrected chi connectivity index (χ2v) is 8.67. The molecule has 1 unspecified atom stereocenters. The van der Waals surface area contributed by atoms with Gasteiger partial charge in [-0.15, -0.1) is 10.2 Å². The van der Waals surface area contributed by atoms with E-state index in [1.807, 2.05) is 91.9 Å². The van der Waals surface area contributed by atoms with Gasteiger partial charge >= 0.3 is 0 Å². The van der Waals surface area contributed by atoms with Gasteiger partial charge in [0.1, 0.15) is 0 Å². The zero-order valence-corrected chi connectivity index (χ0v) is 20.1. The number of anilines is 1. The van der Waals surface area contributed by atoms with Crippen LogP contribution in [0.4, 0.5) is 11.5 Å². The number of para-hydroxylation sites is 1. The van der Waals surface area contributed by atoms with Crippen molar-refractivity contribution in [2.75, 3.05) is 24.5 Å². The van der Waals surface area contributed by atoms with E-state index in [-0.39, 0.29) is 6.04 Å². The van der Waals surface area contributed by atoms with Crippen molar-refractivity contribution in [3.8, 4) is 17.5 Å². The van der Waals surface area contributed by atoms with Gasteiger partial charge in [-0.05, 0) is 36.2 Å². The molecule has 178 valence electrons. The third-order valence-corrected chi connectivity index (χ3v) is 6.39. The first-order valence-corrected chi connectivity index (χ1v) is 12.0. The van der Waals surface area contributed by atoms with E-state index in [1.54, 1.807) is 0 Å². The molecule has 36 heavy (non-hydrogen) atoms. The summed E-state index contributed by atoms with van der Waals surface area (Å²) in [6, 6.07) is 32.3. The lowest BCUT2D eigenvalue weighted by molar-refractivity contribution is 0.278. The van der Waals surface area contributed by atoms with Gasteiger partial charge in [0, 0.05) is 25.2 Å². The highest BCUT2D eigenvalue weighted by Crippen LogP contribution is 2.29. The van der Waals surface area contributed by atoms with Crippen LogP contribution in [0.2, 0.25) is 0 Å². The number of piperazine rings is 1. The first-order valence-electron chi connectivity index (χ1n) is 12.0. The molecule has 0 saturated carbocycles. The average Bonchev–Trinajstić information content (AvgIpc) is 2.95. The maximum atomic E-state index is 9.52. The van der Waals surface area contributed by atoms with Gasteiger partial charge in [0.2, 0.25) is 5.96 Å². The molecule has 0 spiro atoms. The molecule has 3 aromatic carbocycles. The number of guanidine groups is 1. The number of aryl methyl sites for hydroxylation is 1. The minimum absolute atomic E-state index is 0.0285. The number of benzene rings is 3. The summed E-state index contributed by atoms with van der Waals surface area (Å²) in [7, 11) is 0. The number of nitrogens with zero attached hydrogens (tertiary/aromatic N) is 6. The summed E-state index contributed by atoms with van der Waals surface area (Å²) >= 11 is 0. The third kappa shape index (κ3) is 5.03. The Labute approximate surface area is 211 Å². The Morgan fingerprint density at radius 2 is 1.61 bits per heavy atom. The molecule has 1 aliphatic heterocycles. The Bertz CT molecular complexity index is 1360. The Kier molecular flexibility index (Phi) is 6.86. The highest BCUT2D eigenvalue weighted by Gasteiger charge is 2.31. The molecule has 0 radical (unpaired) electrons. The molecule has 1 aromatic heterocycles. The summed E-state index contributed by atoms with van der Waals surface area (Å²) in [5, 5.41) is 21.4. The minimum atomic E-state index is -0.0285. The molecule has 7 heteroatoms. The Balaban J connectivity index is 1.45. The van der Waals surface area contributed by atoms with Crippen molar-refractivity contribution < 1.29 is 0 Å². The lowest BCUT2D eigenvalue weighted by atomic mass is 10.0. The molecule has 1 fully saturated rings. The van der Waals surface area contributed by atoms with Gasteiger partial charge in [-0.1, -0.05) is 78.9 Å². The topological polar surface area (TPSA) is 80.4 Å². The van der Waals surface area contributed by atoms with Crippen molar-refractivity contribution in [1.82, 2.24) is 20.4 Å². The van der Waals surface area contributed by atoms with Gasteiger partial charge < -0.3 is 9.80 Å². The smallest absolute Gasteiger partial charge is 0.213 e. The van der Waals surface area contributed by atoms with Crippen molar-refractivity contribution in [1.29, 1.82) is 5.26 Å². The summed E-state index contributed by atoms with van der Waals surface area (Å²) in [4.78, 5) is 9.27. The van der Waals surface area contributed by atoms with Crippen LogP contribution >= 0.6 is 0 Å². The van der Waals surface area contributed by atoms with E-state index in [4.69, 9.17) is 4.99 Å². The van der Waals surface area contributed by atoms with Crippen LogP contribution in [0, 0.1) is 18.4 Å². The van der Waals surface area contributed by atoms with Crippen molar-refractivity contribution in [2.45, 2.75) is 13.0 Å². The summed E-state index contributed by atoms with van der Waals surface area (Å²) < 4.78 is 0. The molecule has 4 aromatic rings. The van der Waals surface area contributed by atoms with Crippen molar-refractivity contribution >= 4 is 17.5 Å². The summed E-state index contributed by atoms with van der Waals surface area (Å²) in [6.45, 7) is 4.10. The van der Waals surface area contributed by atoms with Gasteiger partial charge in [0.15, 0.2) is 12.0 Å². The van der Waals surface area contributed by atoms with Crippen LogP contribution in [-0.2, 0) is 0 Å². The number of nitriles is 1. The van der Waals surface area contributed by atoms with Crippen LogP contribution in [-0.4, -0.2) is 40.7 Å². The van der Waals surface area contributed by atoms with Crippen LogP contribution in [0.15, 0.2) is 102 Å². The fourth-order valence-corrected chi connectivity index (χ4v) is 4.48. The quantitative estimate of drug-likeness (QED) is 0.193. The van der Waals surface area contributed by atoms with E-state index in [1.165, 1.54) is 0 Å². The zero-order valence-electron chi connectivity index (χ0n) is 20.1. The molecule has 0 amide bonds. The fraction of sp³-hybridized carbons (Fsp3) is 0.172. The van der Waals surface area contributed by atoms with E-state index < -0.39 is 0 Å². The second kappa shape index (κ2) is 10.7. The molecule has 5 rings (SSSR count). The maximum absolute atomic E-state index is 9.52. The first-order chi connectivity index (χ1) is 17.7. The third-order valence-electron chi connectivity index (χ3n) is 6.39. The Morgan fingerprint density at radius 3 is 2.31 bits per heavy atom. The van der Waals surface area contributed by atoms with Crippen LogP contribution in [0.25, 0.3) is 11.3 Å². The molecular weight excluding hydrogens is 446 g/mol. The van der Waals surface area contributed by atoms with Crippen LogP contribution in [0.5, 0.6) is 0 Å². The van der Waals surface area contributed by atoms with E-state index in [0.29, 0.717) is 19.0 Å². The van der Waals surface area contributed by atoms with Crippen LogP contribution in [0.3, 0.4) is 0 Å². The lowest BCUT2D eigenvalue weighted by Crippen LogP contribution is -2.53. The Morgan fingerprint density at radius 1 is 0.889 bits per heavy atom. The number of rotatable bonds is 4. The minimum Gasteiger partial charge on any atom is -0.351 e. The molecule has 0 aliphatic carbocycles.